The Labute approximate surface area is 229 Å². The Kier molecular flexibility index (Phi) is 7.76. The van der Waals surface area contributed by atoms with Crippen LogP contribution in [-0.4, -0.2) is 56.0 Å². The summed E-state index contributed by atoms with van der Waals surface area (Å²) in [5.41, 5.74) is 6.98. The van der Waals surface area contributed by atoms with Gasteiger partial charge in [-0.05, 0) is 42.0 Å². The van der Waals surface area contributed by atoms with Crippen LogP contribution in [0.5, 0.6) is 5.75 Å². The first-order valence-electron chi connectivity index (χ1n) is 12.2. The van der Waals surface area contributed by atoms with Crippen molar-refractivity contribution in [2.24, 2.45) is 5.73 Å². The van der Waals surface area contributed by atoms with E-state index in [1.54, 1.807) is 30.3 Å². The third kappa shape index (κ3) is 5.86. The minimum absolute atomic E-state index is 0.0241. The van der Waals surface area contributed by atoms with E-state index in [-0.39, 0.29) is 53.1 Å². The zero-order valence-electron chi connectivity index (χ0n) is 20.7. The number of sulfonamides is 1. The van der Waals surface area contributed by atoms with Gasteiger partial charge in [-0.3, -0.25) is 4.79 Å². The van der Waals surface area contributed by atoms with Crippen molar-refractivity contribution in [2.45, 2.75) is 17.5 Å². The maximum atomic E-state index is 13.9. The SMILES string of the molecule is NC(=O)c1[nH]c2c(NCc3ccc(F)cc3)cc(Cl)cc2c1S(=O)(=O)N1CCO[C@H](COc2ccccc2)C1. The molecule has 5 rings (SSSR count). The van der Waals surface area contributed by atoms with Gasteiger partial charge < -0.3 is 25.5 Å². The van der Waals surface area contributed by atoms with E-state index in [0.717, 1.165) is 5.56 Å². The predicted molar refractivity (Wildman–Crippen MR) is 146 cm³/mol. The molecule has 0 unspecified atom stereocenters. The molecule has 0 radical (unpaired) electrons. The van der Waals surface area contributed by atoms with E-state index in [4.69, 9.17) is 26.8 Å². The molecular weight excluding hydrogens is 547 g/mol. The Morgan fingerprint density at radius 1 is 1.18 bits per heavy atom. The number of nitrogens with one attached hydrogen (secondary N) is 2. The number of aromatic nitrogens is 1. The summed E-state index contributed by atoms with van der Waals surface area (Å²) in [4.78, 5) is 15.1. The Morgan fingerprint density at radius 2 is 1.92 bits per heavy atom. The third-order valence-corrected chi connectivity index (χ3v) is 8.52. The lowest BCUT2D eigenvalue weighted by atomic mass is 10.2. The molecule has 2 heterocycles. The van der Waals surface area contributed by atoms with Crippen LogP contribution < -0.4 is 15.8 Å². The minimum Gasteiger partial charge on any atom is -0.491 e. The number of para-hydroxylation sites is 1. The molecule has 39 heavy (non-hydrogen) atoms. The number of hydrogen-bond donors (Lipinski definition) is 3. The highest BCUT2D eigenvalue weighted by molar-refractivity contribution is 7.89. The van der Waals surface area contributed by atoms with Crippen molar-refractivity contribution in [3.63, 3.8) is 0 Å². The number of nitrogens with two attached hydrogens (primary N) is 1. The average molecular weight is 573 g/mol. The van der Waals surface area contributed by atoms with E-state index in [1.165, 1.54) is 22.5 Å². The van der Waals surface area contributed by atoms with Crippen molar-refractivity contribution >= 4 is 44.1 Å². The number of rotatable bonds is 9. The first-order chi connectivity index (χ1) is 18.7. The van der Waals surface area contributed by atoms with Gasteiger partial charge in [0.1, 0.15) is 34.9 Å². The van der Waals surface area contributed by atoms with Gasteiger partial charge in [-0.15, -0.1) is 0 Å². The summed E-state index contributed by atoms with van der Waals surface area (Å²) >= 11 is 6.38. The normalized spacial score (nSPS) is 16.3. The van der Waals surface area contributed by atoms with E-state index in [9.17, 15) is 17.6 Å². The highest BCUT2D eigenvalue weighted by Gasteiger charge is 2.36. The second-order valence-electron chi connectivity index (χ2n) is 9.03. The number of nitrogens with zero attached hydrogens (tertiary/aromatic N) is 1. The largest absolute Gasteiger partial charge is 0.491 e. The fourth-order valence-corrected chi connectivity index (χ4v) is 6.47. The monoisotopic (exact) mass is 572 g/mol. The highest BCUT2D eigenvalue weighted by Crippen LogP contribution is 2.36. The smallest absolute Gasteiger partial charge is 0.266 e. The van der Waals surface area contributed by atoms with Gasteiger partial charge in [0.25, 0.3) is 5.91 Å². The van der Waals surface area contributed by atoms with Crippen LogP contribution >= 0.6 is 11.6 Å². The molecule has 1 fully saturated rings. The quantitative estimate of drug-likeness (QED) is 0.277. The molecule has 0 aliphatic carbocycles. The predicted octanol–water partition coefficient (Wildman–Crippen LogP) is 4.14. The van der Waals surface area contributed by atoms with Crippen molar-refractivity contribution in [3.05, 3.63) is 88.8 Å². The van der Waals surface area contributed by atoms with Gasteiger partial charge in [-0.25, -0.2) is 12.8 Å². The molecule has 0 bridgehead atoms. The second-order valence-corrected chi connectivity index (χ2v) is 11.3. The van der Waals surface area contributed by atoms with Crippen LogP contribution in [0.2, 0.25) is 5.02 Å². The number of anilines is 1. The lowest BCUT2D eigenvalue weighted by Crippen LogP contribution is -2.47. The van der Waals surface area contributed by atoms with E-state index in [0.29, 0.717) is 23.5 Å². The number of morpholine rings is 1. The summed E-state index contributed by atoms with van der Waals surface area (Å²) in [6.45, 7) is 0.717. The maximum Gasteiger partial charge on any atom is 0.266 e. The Balaban J connectivity index is 1.45. The van der Waals surface area contributed by atoms with Crippen LogP contribution in [0.4, 0.5) is 10.1 Å². The van der Waals surface area contributed by atoms with E-state index < -0.39 is 22.0 Å². The number of benzene rings is 3. The number of fused-ring (bicyclic) bond motifs is 1. The van der Waals surface area contributed by atoms with Gasteiger partial charge in [0, 0.05) is 30.0 Å². The van der Waals surface area contributed by atoms with Gasteiger partial charge in [0.2, 0.25) is 10.0 Å². The summed E-state index contributed by atoms with van der Waals surface area (Å²) in [7, 11) is -4.20. The summed E-state index contributed by atoms with van der Waals surface area (Å²) in [6, 6.07) is 18.2. The number of carbonyl (C=O) groups is 1. The Bertz CT molecular complexity index is 1600. The summed E-state index contributed by atoms with van der Waals surface area (Å²) in [6.07, 6.45) is -0.521. The van der Waals surface area contributed by atoms with Crippen molar-refractivity contribution in [1.29, 1.82) is 0 Å². The summed E-state index contributed by atoms with van der Waals surface area (Å²) < 4.78 is 53.9. The van der Waals surface area contributed by atoms with E-state index in [2.05, 4.69) is 10.3 Å². The lowest BCUT2D eigenvalue weighted by molar-refractivity contribution is -0.0249. The number of aromatic amines is 1. The molecule has 1 aromatic heterocycles. The van der Waals surface area contributed by atoms with Crippen molar-refractivity contribution < 1.29 is 27.1 Å². The molecule has 9 nitrogen and oxygen atoms in total. The van der Waals surface area contributed by atoms with Gasteiger partial charge in [-0.2, -0.15) is 4.31 Å². The zero-order chi connectivity index (χ0) is 27.6. The molecule has 204 valence electrons. The molecule has 0 spiro atoms. The molecule has 3 aromatic carbocycles. The minimum atomic E-state index is -4.20. The van der Waals surface area contributed by atoms with Gasteiger partial charge in [-0.1, -0.05) is 41.9 Å². The third-order valence-electron chi connectivity index (χ3n) is 6.35. The molecule has 4 aromatic rings. The van der Waals surface area contributed by atoms with Crippen LogP contribution in [0.3, 0.4) is 0 Å². The number of carbonyl (C=O) groups excluding carboxylic acids is 1. The molecule has 1 atom stereocenters. The zero-order valence-corrected chi connectivity index (χ0v) is 22.3. The van der Waals surface area contributed by atoms with Crippen LogP contribution in [0.25, 0.3) is 10.9 Å². The number of halogens is 2. The van der Waals surface area contributed by atoms with Crippen molar-refractivity contribution in [2.75, 3.05) is 31.6 Å². The molecule has 12 heteroatoms. The topological polar surface area (TPSA) is 127 Å². The molecule has 4 N–H and O–H groups in total. The standard InChI is InChI=1S/C27H26ClFN4O5S/c28-18-12-22-24(23(13-18)31-14-17-6-8-19(29)9-7-17)32-25(27(30)34)26(22)39(35,36)33-10-11-37-21(15-33)16-38-20-4-2-1-3-5-20/h1-9,12-13,21,31-32H,10-11,14-16H2,(H2,30,34)/t21-/m0/s1. The summed E-state index contributed by atoms with van der Waals surface area (Å²) in [5, 5.41) is 3.66. The van der Waals surface area contributed by atoms with Gasteiger partial charge in [0.15, 0.2) is 0 Å². The summed E-state index contributed by atoms with van der Waals surface area (Å²) in [5.74, 6) is -0.641. The van der Waals surface area contributed by atoms with Crippen molar-refractivity contribution in [1.82, 2.24) is 9.29 Å². The van der Waals surface area contributed by atoms with Gasteiger partial charge in [0.05, 0.1) is 17.8 Å². The number of ether oxygens (including phenoxy) is 2. The molecular formula is C27H26ClFN4O5S. The van der Waals surface area contributed by atoms with Crippen LogP contribution in [0.15, 0.2) is 71.6 Å². The Hall–Kier alpha value is -3.64. The maximum absolute atomic E-state index is 13.9. The highest BCUT2D eigenvalue weighted by atomic mass is 35.5. The lowest BCUT2D eigenvalue weighted by Gasteiger charge is -2.32. The second kappa shape index (κ2) is 11.2. The number of amides is 1. The van der Waals surface area contributed by atoms with Crippen LogP contribution in [-0.2, 0) is 21.3 Å². The molecule has 1 aliphatic rings. The Morgan fingerprint density at radius 3 is 2.64 bits per heavy atom. The number of H-pyrrole nitrogens is 1. The average Bonchev–Trinajstić information content (AvgIpc) is 3.33. The number of primary amides is 1. The van der Waals surface area contributed by atoms with Gasteiger partial charge >= 0.3 is 0 Å². The van der Waals surface area contributed by atoms with Crippen LogP contribution in [0.1, 0.15) is 16.1 Å². The molecule has 1 saturated heterocycles. The molecule has 1 amide bonds. The van der Waals surface area contributed by atoms with E-state index >= 15 is 0 Å². The first-order valence-corrected chi connectivity index (χ1v) is 14.0. The fraction of sp³-hybridized carbons (Fsp3) is 0.222. The van der Waals surface area contributed by atoms with Crippen LogP contribution in [0, 0.1) is 5.82 Å². The molecule has 0 saturated carbocycles. The first kappa shape index (κ1) is 26.9. The fourth-order valence-electron chi connectivity index (χ4n) is 4.46. The van der Waals surface area contributed by atoms with Crippen molar-refractivity contribution in [3.8, 4) is 5.75 Å². The molecule has 1 aliphatic heterocycles. The van der Waals surface area contributed by atoms with E-state index in [1.807, 2.05) is 18.2 Å². The number of hydrogen-bond acceptors (Lipinski definition) is 6.